The molecule has 1 atom stereocenters. The summed E-state index contributed by atoms with van der Waals surface area (Å²) in [5.41, 5.74) is 0.0368. The molecular weight excluding hydrogens is 640 g/mol. The van der Waals surface area contributed by atoms with E-state index in [-0.39, 0.29) is 63.0 Å². The summed E-state index contributed by atoms with van der Waals surface area (Å²) >= 11 is 0. The quantitative estimate of drug-likeness (QED) is 0.255. The van der Waals surface area contributed by atoms with Gasteiger partial charge in [-0.15, -0.1) is 18.3 Å². The maximum Gasteiger partial charge on any atom is 0.573 e. The normalized spacial score (nSPS) is 15.3. The smallest absolute Gasteiger partial charge is 0.406 e. The van der Waals surface area contributed by atoms with Crippen LogP contribution in [0.3, 0.4) is 0 Å². The van der Waals surface area contributed by atoms with Crippen LogP contribution in [0.25, 0.3) is 0 Å². The molecule has 4 rings (SSSR count). The summed E-state index contributed by atoms with van der Waals surface area (Å²) in [5.74, 6) is -1.46. The van der Waals surface area contributed by atoms with Gasteiger partial charge in [0, 0.05) is 57.2 Å². The summed E-state index contributed by atoms with van der Waals surface area (Å²) in [6.45, 7) is 1.07. The lowest BCUT2D eigenvalue weighted by atomic mass is 10.2. The van der Waals surface area contributed by atoms with E-state index in [9.17, 15) is 40.4 Å². The number of rotatable bonds is 13. The van der Waals surface area contributed by atoms with Crippen molar-refractivity contribution in [3.05, 3.63) is 70.4 Å². The van der Waals surface area contributed by atoms with Crippen molar-refractivity contribution in [2.24, 2.45) is 0 Å². The Morgan fingerprint density at radius 1 is 1.11 bits per heavy atom. The van der Waals surface area contributed by atoms with E-state index < -0.39 is 39.8 Å². The van der Waals surface area contributed by atoms with Crippen LogP contribution in [0.5, 0.6) is 5.75 Å². The van der Waals surface area contributed by atoms with Gasteiger partial charge >= 0.3 is 6.36 Å². The Hall–Kier alpha value is -4.36. The van der Waals surface area contributed by atoms with E-state index in [1.165, 1.54) is 45.5 Å². The van der Waals surface area contributed by atoms with Crippen LogP contribution in [0.1, 0.15) is 22.5 Å². The van der Waals surface area contributed by atoms with E-state index in [2.05, 4.69) is 25.7 Å². The van der Waals surface area contributed by atoms with Crippen molar-refractivity contribution in [3.63, 3.8) is 0 Å². The molecule has 0 bridgehead atoms. The van der Waals surface area contributed by atoms with Gasteiger partial charge in [0.1, 0.15) is 11.9 Å². The second-order valence-electron chi connectivity index (χ2n) is 10.5. The first kappa shape index (κ1) is 34.5. The van der Waals surface area contributed by atoms with Crippen LogP contribution in [0, 0.1) is 0 Å². The Morgan fingerprint density at radius 2 is 1.85 bits per heavy atom. The van der Waals surface area contributed by atoms with Crippen molar-refractivity contribution in [2.45, 2.75) is 38.6 Å². The van der Waals surface area contributed by atoms with Crippen molar-refractivity contribution in [1.82, 2.24) is 34.1 Å². The van der Waals surface area contributed by atoms with Crippen molar-refractivity contribution in [3.8, 4) is 5.75 Å². The molecule has 46 heavy (non-hydrogen) atoms. The van der Waals surface area contributed by atoms with Gasteiger partial charge in [0.2, 0.25) is 15.9 Å². The highest BCUT2D eigenvalue weighted by atomic mass is 32.2. The Bertz CT molecular complexity index is 1690. The van der Waals surface area contributed by atoms with Crippen molar-refractivity contribution < 1.29 is 40.3 Å². The Morgan fingerprint density at radius 3 is 2.52 bits per heavy atom. The molecule has 1 aliphatic rings. The number of amides is 2. The number of ether oxygens (including phenoxy) is 1. The monoisotopic (exact) mass is 672 g/mol. The minimum absolute atomic E-state index is 0.0258. The van der Waals surface area contributed by atoms with Crippen LogP contribution >= 0.6 is 0 Å². The third-order valence-electron chi connectivity index (χ3n) is 6.87. The van der Waals surface area contributed by atoms with Crippen LogP contribution in [0.2, 0.25) is 0 Å². The minimum atomic E-state index is -4.85. The Balaban J connectivity index is 1.19. The minimum Gasteiger partial charge on any atom is -0.406 e. The summed E-state index contributed by atoms with van der Waals surface area (Å²) < 4.78 is 82.8. The number of hydrogen-bond donors (Lipinski definition) is 2. The molecule has 3 aromatic rings. The number of nitrogens with one attached hydrogen (secondary N) is 2. The van der Waals surface area contributed by atoms with Crippen LogP contribution in [-0.2, 0) is 34.5 Å². The van der Waals surface area contributed by atoms with Gasteiger partial charge in [-0.3, -0.25) is 19.3 Å². The molecule has 2 N–H and O–H groups in total. The molecule has 250 valence electrons. The standard InChI is InChI=1S/C27H32F4N8O6S/c1-46(43,44)39-11-9-36(10-12-39)18-24(40)33-21-6-8-37(25(41)14-21)7-5-20(28)16-38-17-23(34-35-38)26(42)32-15-19-3-2-4-22(13-19)45-27(29,30)31/h2-4,6,8,13-14,17,20H,5,7,9-12,15-16,18H2,1H3,(H,32,42)(H,33,40). The average Bonchev–Trinajstić information content (AvgIpc) is 3.43. The molecule has 1 aliphatic heterocycles. The zero-order valence-electron chi connectivity index (χ0n) is 24.6. The SMILES string of the molecule is CS(=O)(=O)N1CCN(CC(=O)Nc2ccn(CCC(F)Cn3cc(C(=O)NCc4cccc(OC(F)(F)F)c4)nn3)c(=O)c2)CC1. The van der Waals surface area contributed by atoms with Gasteiger partial charge in [0.15, 0.2) is 5.69 Å². The second kappa shape index (κ2) is 14.8. The molecule has 1 saturated heterocycles. The van der Waals surface area contributed by atoms with Gasteiger partial charge in [0.05, 0.1) is 25.5 Å². The molecule has 0 saturated carbocycles. The number of alkyl halides is 4. The molecule has 0 radical (unpaired) electrons. The van der Waals surface area contributed by atoms with Gasteiger partial charge in [-0.1, -0.05) is 17.3 Å². The van der Waals surface area contributed by atoms with Crippen molar-refractivity contribution >= 4 is 27.5 Å². The lowest BCUT2D eigenvalue weighted by molar-refractivity contribution is -0.274. The summed E-state index contributed by atoms with van der Waals surface area (Å²) in [6, 6.07) is 7.82. The molecule has 3 heterocycles. The van der Waals surface area contributed by atoms with Gasteiger partial charge < -0.3 is 19.9 Å². The number of hydrogen-bond acceptors (Lipinski definition) is 9. The summed E-state index contributed by atoms with van der Waals surface area (Å²) in [6.07, 6.45) is -2.58. The maximum absolute atomic E-state index is 14.7. The van der Waals surface area contributed by atoms with E-state index in [0.29, 0.717) is 18.7 Å². The number of nitrogens with zero attached hydrogens (tertiary/aromatic N) is 6. The molecular formula is C27H32F4N8O6S. The van der Waals surface area contributed by atoms with Crippen molar-refractivity contribution in [1.29, 1.82) is 0 Å². The lowest BCUT2D eigenvalue weighted by Crippen LogP contribution is -2.50. The first-order valence-corrected chi connectivity index (χ1v) is 15.8. The van der Waals surface area contributed by atoms with Gasteiger partial charge in [-0.2, -0.15) is 4.31 Å². The Labute approximate surface area is 261 Å². The van der Waals surface area contributed by atoms with Crippen LogP contribution < -0.4 is 20.9 Å². The number of aromatic nitrogens is 4. The maximum atomic E-state index is 14.7. The highest BCUT2D eigenvalue weighted by Crippen LogP contribution is 2.23. The number of pyridine rings is 1. The second-order valence-corrected chi connectivity index (χ2v) is 12.5. The number of sulfonamides is 1. The molecule has 1 aromatic carbocycles. The number of halogens is 4. The van der Waals surface area contributed by atoms with Gasteiger partial charge in [0.25, 0.3) is 11.5 Å². The molecule has 1 fully saturated rings. The zero-order chi connectivity index (χ0) is 33.5. The number of benzene rings is 1. The molecule has 2 amide bonds. The fraction of sp³-hybridized carbons (Fsp3) is 0.444. The largest absolute Gasteiger partial charge is 0.573 e. The molecule has 2 aromatic heterocycles. The Kier molecular flexibility index (Phi) is 11.1. The number of carbonyl (C=O) groups excluding carboxylic acids is 2. The molecule has 19 heteroatoms. The van der Waals surface area contributed by atoms with Crippen LogP contribution in [-0.4, -0.2) is 101 Å². The highest BCUT2D eigenvalue weighted by Gasteiger charge is 2.31. The number of aryl methyl sites for hydroxylation is 1. The number of carbonyl (C=O) groups is 2. The molecule has 14 nitrogen and oxygen atoms in total. The predicted octanol–water partition coefficient (Wildman–Crippen LogP) is 1.21. The topological polar surface area (TPSA) is 161 Å². The third kappa shape index (κ3) is 10.6. The molecule has 0 spiro atoms. The third-order valence-corrected chi connectivity index (χ3v) is 8.18. The average molecular weight is 673 g/mol. The summed E-state index contributed by atoms with van der Waals surface area (Å²) in [5, 5.41) is 12.6. The number of anilines is 1. The van der Waals surface area contributed by atoms with E-state index in [4.69, 9.17) is 0 Å². The fourth-order valence-electron chi connectivity index (χ4n) is 4.58. The van der Waals surface area contributed by atoms with E-state index >= 15 is 0 Å². The first-order valence-electron chi connectivity index (χ1n) is 14.0. The first-order chi connectivity index (χ1) is 21.6. The molecule has 1 unspecified atom stereocenters. The number of piperazine rings is 1. The van der Waals surface area contributed by atoms with Gasteiger partial charge in [-0.05, 0) is 30.2 Å². The zero-order valence-corrected chi connectivity index (χ0v) is 25.4. The lowest BCUT2D eigenvalue weighted by Gasteiger charge is -2.32. The summed E-state index contributed by atoms with van der Waals surface area (Å²) in [7, 11) is -3.28. The van der Waals surface area contributed by atoms with Crippen LogP contribution in [0.4, 0.5) is 23.2 Å². The van der Waals surface area contributed by atoms with E-state index in [1.807, 2.05) is 4.90 Å². The highest BCUT2D eigenvalue weighted by molar-refractivity contribution is 7.88. The molecule has 0 aliphatic carbocycles. The van der Waals surface area contributed by atoms with Crippen LogP contribution in [0.15, 0.2) is 53.6 Å². The predicted molar refractivity (Wildman–Crippen MR) is 156 cm³/mol. The fourth-order valence-corrected chi connectivity index (χ4v) is 5.41. The van der Waals surface area contributed by atoms with Gasteiger partial charge in [-0.25, -0.2) is 17.5 Å². The van der Waals surface area contributed by atoms with E-state index in [0.717, 1.165) is 23.1 Å². The van der Waals surface area contributed by atoms with E-state index in [1.54, 1.807) is 0 Å². The summed E-state index contributed by atoms with van der Waals surface area (Å²) in [4.78, 5) is 39.2. The van der Waals surface area contributed by atoms with Crippen molar-refractivity contribution in [2.75, 3.05) is 44.3 Å².